The first-order chi connectivity index (χ1) is 13.4. The maximum Gasteiger partial charge on any atom is 0.450 e. The van der Waals surface area contributed by atoms with Gasteiger partial charge in [0.1, 0.15) is 11.7 Å². The van der Waals surface area contributed by atoms with Gasteiger partial charge in [-0.2, -0.15) is 13.2 Å². The van der Waals surface area contributed by atoms with Crippen molar-refractivity contribution in [2.75, 3.05) is 0 Å². The van der Waals surface area contributed by atoms with Crippen LogP contribution in [0.25, 0.3) is 0 Å². The van der Waals surface area contributed by atoms with Crippen LogP contribution in [0.5, 0.6) is 0 Å². The Labute approximate surface area is 171 Å². The van der Waals surface area contributed by atoms with Crippen molar-refractivity contribution in [2.45, 2.75) is 17.9 Å². The molecule has 29 heavy (non-hydrogen) atoms. The quantitative estimate of drug-likeness (QED) is 0.616. The maximum atomic E-state index is 13.4. The fourth-order valence-electron chi connectivity index (χ4n) is 3.24. The van der Waals surface area contributed by atoms with Crippen LogP contribution in [0.2, 0.25) is 10.0 Å². The van der Waals surface area contributed by atoms with Crippen molar-refractivity contribution in [1.29, 1.82) is 0 Å². The average molecular weight is 451 g/mol. The fraction of sp³-hybridized carbons (Fsp3) is 0.222. The first-order valence-corrected chi connectivity index (χ1v) is 8.82. The molecule has 3 rings (SSSR count). The molecule has 11 heteroatoms. The van der Waals surface area contributed by atoms with E-state index in [2.05, 4.69) is 5.32 Å². The van der Waals surface area contributed by atoms with Gasteiger partial charge in [-0.25, -0.2) is 9.18 Å². The summed E-state index contributed by atoms with van der Waals surface area (Å²) in [5.74, 6) is -5.31. The minimum absolute atomic E-state index is 0.0611. The zero-order chi connectivity index (χ0) is 21.6. The molecule has 3 atom stereocenters. The Morgan fingerprint density at radius 2 is 1.72 bits per heavy atom. The van der Waals surface area contributed by atoms with Gasteiger partial charge in [0.25, 0.3) is 0 Å². The van der Waals surface area contributed by atoms with E-state index in [4.69, 9.17) is 23.2 Å². The summed E-state index contributed by atoms with van der Waals surface area (Å²) in [6, 6.07) is 4.75. The van der Waals surface area contributed by atoms with Crippen LogP contribution in [0.1, 0.15) is 17.2 Å². The van der Waals surface area contributed by atoms with Crippen LogP contribution < -0.4 is 10.6 Å². The van der Waals surface area contributed by atoms with Crippen LogP contribution in [0.3, 0.4) is 0 Å². The molecule has 0 bridgehead atoms. The number of hydrogen-bond donors (Lipinski definition) is 3. The molecule has 1 saturated heterocycles. The maximum absolute atomic E-state index is 13.4. The number of urea groups is 1. The molecule has 0 aliphatic carbocycles. The largest absolute Gasteiger partial charge is 0.450 e. The van der Waals surface area contributed by atoms with E-state index in [9.17, 15) is 32.3 Å². The summed E-state index contributed by atoms with van der Waals surface area (Å²) in [5, 5.41) is 15.3. The van der Waals surface area contributed by atoms with Gasteiger partial charge < -0.3 is 15.7 Å². The van der Waals surface area contributed by atoms with Gasteiger partial charge >= 0.3 is 12.2 Å². The number of hydrogen-bond acceptors (Lipinski definition) is 3. The second kappa shape index (κ2) is 7.47. The highest BCUT2D eigenvalue weighted by molar-refractivity contribution is 6.35. The molecular weight excluding hydrogens is 439 g/mol. The Morgan fingerprint density at radius 1 is 1.10 bits per heavy atom. The normalized spacial score (nSPS) is 24.6. The van der Waals surface area contributed by atoms with Crippen LogP contribution in [-0.2, 0) is 10.5 Å². The van der Waals surface area contributed by atoms with Crippen molar-refractivity contribution in [3.63, 3.8) is 0 Å². The molecule has 0 unspecified atom stereocenters. The Balaban J connectivity index is 2.22. The van der Waals surface area contributed by atoms with Crippen molar-refractivity contribution in [3.8, 4) is 0 Å². The molecule has 1 fully saturated rings. The van der Waals surface area contributed by atoms with Crippen molar-refractivity contribution in [1.82, 2.24) is 10.6 Å². The van der Waals surface area contributed by atoms with Gasteiger partial charge in [0.15, 0.2) is 5.72 Å². The van der Waals surface area contributed by atoms with Crippen LogP contribution in [-0.4, -0.2) is 23.1 Å². The zero-order valence-electron chi connectivity index (χ0n) is 14.2. The molecule has 0 aromatic heterocycles. The number of Topliss-reactive ketones (excluding diaryl/α,β-unsaturated/α-hetero) is 1. The van der Waals surface area contributed by atoms with E-state index in [1.165, 1.54) is 18.2 Å². The van der Waals surface area contributed by atoms with Crippen molar-refractivity contribution < 1.29 is 32.3 Å². The predicted octanol–water partition coefficient (Wildman–Crippen LogP) is 4.08. The number of nitrogens with one attached hydrogen (secondary N) is 2. The summed E-state index contributed by atoms with van der Waals surface area (Å²) in [4.78, 5) is 24.5. The molecule has 1 aliphatic heterocycles. The van der Waals surface area contributed by atoms with Gasteiger partial charge in [0, 0.05) is 15.6 Å². The number of carbonyl (C=O) groups is 2. The van der Waals surface area contributed by atoms with Gasteiger partial charge in [-0.1, -0.05) is 41.4 Å². The Kier molecular flexibility index (Phi) is 5.50. The number of ketones is 1. The van der Waals surface area contributed by atoms with Crippen LogP contribution in [0, 0.1) is 11.7 Å². The third-order valence-electron chi connectivity index (χ3n) is 4.52. The number of carbonyl (C=O) groups excluding carboxylic acids is 2. The minimum Gasteiger partial charge on any atom is -0.366 e. The van der Waals surface area contributed by atoms with Crippen molar-refractivity contribution in [2.24, 2.45) is 5.92 Å². The SMILES string of the molecule is O=C1N[C@H](c2ccc(Cl)cc2Cl)[C@H](C(=O)C(F)(F)F)[C@](O)(c2ccc(F)cc2)N1. The van der Waals surface area contributed by atoms with Gasteiger partial charge in [0.2, 0.25) is 5.78 Å². The fourth-order valence-corrected chi connectivity index (χ4v) is 3.76. The van der Waals surface area contributed by atoms with Gasteiger partial charge in [-0.05, 0) is 29.8 Å². The standard InChI is InChI=1S/C18H12Cl2F4N2O3/c19-9-3-6-11(12(20)7-9)14-13(15(27)18(22,23)24)17(29,26-16(28)25-14)8-1-4-10(21)5-2-8/h1-7,13-14,29H,(H2,25,26,28)/t13-,14-,17-/m1/s1. The number of aliphatic hydroxyl groups is 1. The summed E-state index contributed by atoms with van der Waals surface area (Å²) in [7, 11) is 0. The van der Waals surface area contributed by atoms with Crippen LogP contribution in [0.4, 0.5) is 22.4 Å². The van der Waals surface area contributed by atoms with E-state index >= 15 is 0 Å². The highest BCUT2D eigenvalue weighted by Gasteiger charge is 2.59. The molecule has 5 nitrogen and oxygen atoms in total. The third kappa shape index (κ3) is 4.03. The van der Waals surface area contributed by atoms with E-state index in [1.54, 1.807) is 0 Å². The van der Waals surface area contributed by atoms with Crippen LogP contribution >= 0.6 is 23.2 Å². The minimum atomic E-state index is -5.35. The lowest BCUT2D eigenvalue weighted by molar-refractivity contribution is -0.190. The van der Waals surface area contributed by atoms with Crippen molar-refractivity contribution in [3.05, 3.63) is 69.5 Å². The highest BCUT2D eigenvalue weighted by Crippen LogP contribution is 2.44. The van der Waals surface area contributed by atoms with Gasteiger partial charge in [-0.3, -0.25) is 4.79 Å². The smallest absolute Gasteiger partial charge is 0.366 e. The molecule has 1 heterocycles. The lowest BCUT2D eigenvalue weighted by Gasteiger charge is -2.45. The Morgan fingerprint density at radius 3 is 2.28 bits per heavy atom. The van der Waals surface area contributed by atoms with Gasteiger partial charge in [-0.15, -0.1) is 0 Å². The average Bonchev–Trinajstić information content (AvgIpc) is 2.60. The number of rotatable bonds is 3. The Hall–Kier alpha value is -2.36. The molecule has 0 spiro atoms. The molecule has 2 aromatic carbocycles. The first kappa shape index (κ1) is 21.4. The monoisotopic (exact) mass is 450 g/mol. The molecule has 154 valence electrons. The summed E-state index contributed by atoms with van der Waals surface area (Å²) in [6.07, 6.45) is -5.35. The second-order valence-corrected chi connectivity index (χ2v) is 7.20. The molecule has 0 radical (unpaired) electrons. The lowest BCUT2D eigenvalue weighted by Crippen LogP contribution is -2.66. The summed E-state index contributed by atoms with van der Waals surface area (Å²) < 4.78 is 53.5. The van der Waals surface area contributed by atoms with E-state index in [-0.39, 0.29) is 21.2 Å². The van der Waals surface area contributed by atoms with E-state index in [0.29, 0.717) is 0 Å². The van der Waals surface area contributed by atoms with Crippen LogP contribution in [0.15, 0.2) is 42.5 Å². The number of benzene rings is 2. The molecular formula is C18H12Cl2F4N2O3. The van der Waals surface area contributed by atoms with E-state index in [0.717, 1.165) is 24.3 Å². The molecule has 3 N–H and O–H groups in total. The molecule has 0 saturated carbocycles. The topological polar surface area (TPSA) is 78.4 Å². The number of alkyl halides is 3. The van der Waals surface area contributed by atoms with Gasteiger partial charge in [0.05, 0.1) is 6.04 Å². The second-order valence-electron chi connectivity index (χ2n) is 6.35. The van der Waals surface area contributed by atoms with Crippen molar-refractivity contribution >= 4 is 35.0 Å². The number of halogens is 6. The highest BCUT2D eigenvalue weighted by atomic mass is 35.5. The lowest BCUT2D eigenvalue weighted by atomic mass is 9.76. The zero-order valence-corrected chi connectivity index (χ0v) is 15.7. The number of amides is 2. The van der Waals surface area contributed by atoms with E-state index < -0.39 is 41.5 Å². The molecule has 2 aromatic rings. The molecule has 1 aliphatic rings. The third-order valence-corrected chi connectivity index (χ3v) is 5.08. The summed E-state index contributed by atoms with van der Waals surface area (Å²) >= 11 is 11.9. The van der Waals surface area contributed by atoms with E-state index in [1.807, 2.05) is 5.32 Å². The summed E-state index contributed by atoms with van der Waals surface area (Å²) in [5.41, 5.74) is -3.17. The summed E-state index contributed by atoms with van der Waals surface area (Å²) in [6.45, 7) is 0. The first-order valence-electron chi connectivity index (χ1n) is 8.06. The Bertz CT molecular complexity index is 969. The molecule has 2 amide bonds. The predicted molar refractivity (Wildman–Crippen MR) is 95.7 cm³/mol.